The normalized spacial score (nSPS) is 18.9. The summed E-state index contributed by atoms with van der Waals surface area (Å²) in [6.07, 6.45) is 6.04. The number of thioether (sulfide) groups is 1. The Hall–Kier alpha value is -1.16. The van der Waals surface area contributed by atoms with Crippen LogP contribution in [0.4, 0.5) is 0 Å². The second-order valence-corrected chi connectivity index (χ2v) is 6.10. The molecule has 0 bridgehead atoms. The summed E-state index contributed by atoms with van der Waals surface area (Å²) in [5.41, 5.74) is 1.20. The van der Waals surface area contributed by atoms with Gasteiger partial charge in [0.15, 0.2) is 0 Å². The molecule has 1 aliphatic rings. The Labute approximate surface area is 125 Å². The molecule has 1 aromatic rings. The van der Waals surface area contributed by atoms with Crippen LogP contribution in [0, 0.1) is 0 Å². The van der Waals surface area contributed by atoms with E-state index >= 15 is 0 Å². The van der Waals surface area contributed by atoms with Crippen molar-refractivity contribution in [1.82, 2.24) is 4.90 Å². The lowest BCUT2D eigenvalue weighted by Crippen LogP contribution is -2.38. The van der Waals surface area contributed by atoms with Crippen molar-refractivity contribution in [2.75, 3.05) is 25.7 Å². The summed E-state index contributed by atoms with van der Waals surface area (Å²) in [7, 11) is 1.68. The predicted octanol–water partition coefficient (Wildman–Crippen LogP) is 3.50. The van der Waals surface area contributed by atoms with Gasteiger partial charge >= 0.3 is 0 Å². The molecule has 1 aliphatic heterocycles. The van der Waals surface area contributed by atoms with Crippen molar-refractivity contribution in [3.63, 3.8) is 0 Å². The topological polar surface area (TPSA) is 29.5 Å². The highest BCUT2D eigenvalue weighted by molar-refractivity contribution is 7.98. The van der Waals surface area contributed by atoms with Gasteiger partial charge in [0.25, 0.3) is 0 Å². The van der Waals surface area contributed by atoms with Crippen LogP contribution in [-0.4, -0.2) is 36.5 Å². The summed E-state index contributed by atoms with van der Waals surface area (Å²) in [6.45, 7) is 0.884. The van der Waals surface area contributed by atoms with Crippen molar-refractivity contribution in [2.45, 2.75) is 31.7 Å². The Morgan fingerprint density at radius 3 is 3.05 bits per heavy atom. The molecule has 1 fully saturated rings. The van der Waals surface area contributed by atoms with Crippen LogP contribution in [0.3, 0.4) is 0 Å². The van der Waals surface area contributed by atoms with Gasteiger partial charge in [-0.15, -0.1) is 0 Å². The van der Waals surface area contributed by atoms with E-state index in [9.17, 15) is 4.79 Å². The molecular formula is C16H23NO2S. The Kier molecular flexibility index (Phi) is 5.77. The zero-order valence-corrected chi connectivity index (χ0v) is 13.1. The fourth-order valence-corrected chi connectivity index (χ4v) is 3.14. The van der Waals surface area contributed by atoms with Crippen molar-refractivity contribution in [3.8, 4) is 5.75 Å². The van der Waals surface area contributed by atoms with Gasteiger partial charge in [-0.25, -0.2) is 0 Å². The molecule has 1 aromatic carbocycles. The van der Waals surface area contributed by atoms with Gasteiger partial charge in [-0.3, -0.25) is 4.79 Å². The summed E-state index contributed by atoms with van der Waals surface area (Å²) in [5, 5.41) is 0. The van der Waals surface area contributed by atoms with Crippen LogP contribution in [0.25, 0.3) is 0 Å². The van der Waals surface area contributed by atoms with Gasteiger partial charge in [-0.05, 0) is 43.2 Å². The van der Waals surface area contributed by atoms with E-state index in [2.05, 4.69) is 17.0 Å². The maximum Gasteiger partial charge on any atom is 0.223 e. The number of ether oxygens (including phenoxy) is 1. The average Bonchev–Trinajstić information content (AvgIpc) is 2.52. The van der Waals surface area contributed by atoms with E-state index in [4.69, 9.17) is 4.74 Å². The minimum atomic E-state index is 0.216. The molecule has 0 spiro atoms. The van der Waals surface area contributed by atoms with E-state index in [0.29, 0.717) is 6.42 Å². The second kappa shape index (κ2) is 7.58. The highest BCUT2D eigenvalue weighted by Crippen LogP contribution is 2.33. The number of benzene rings is 1. The number of nitrogens with zero attached hydrogens (tertiary/aromatic N) is 1. The summed E-state index contributed by atoms with van der Waals surface area (Å²) >= 11 is 1.73. The Morgan fingerprint density at radius 1 is 1.45 bits per heavy atom. The number of hydrogen-bond donors (Lipinski definition) is 0. The Balaban J connectivity index is 2.15. The molecule has 0 aromatic heterocycles. The quantitative estimate of drug-likeness (QED) is 0.832. The predicted molar refractivity (Wildman–Crippen MR) is 84.3 cm³/mol. The van der Waals surface area contributed by atoms with Gasteiger partial charge in [-0.2, -0.15) is 11.8 Å². The van der Waals surface area contributed by atoms with E-state index in [-0.39, 0.29) is 11.9 Å². The zero-order chi connectivity index (χ0) is 14.4. The molecule has 4 heteroatoms. The molecule has 20 heavy (non-hydrogen) atoms. The third-order valence-electron chi connectivity index (χ3n) is 3.82. The van der Waals surface area contributed by atoms with Gasteiger partial charge in [0, 0.05) is 18.7 Å². The standard InChI is InChI=1S/C16H23NO2S/c1-19-14-7-5-6-13(12-14)15-8-3-4-10-17(15)16(18)9-11-20-2/h5-7,12,15H,3-4,8-11H2,1-2H3/t15-/m1/s1. The number of carbonyl (C=O) groups excluding carboxylic acids is 1. The van der Waals surface area contributed by atoms with Crippen molar-refractivity contribution in [1.29, 1.82) is 0 Å². The molecule has 3 nitrogen and oxygen atoms in total. The highest BCUT2D eigenvalue weighted by Gasteiger charge is 2.27. The van der Waals surface area contributed by atoms with Gasteiger partial charge in [0.05, 0.1) is 13.2 Å². The molecule has 0 unspecified atom stereocenters. The number of piperidine rings is 1. The Bertz CT molecular complexity index is 450. The van der Waals surface area contributed by atoms with Crippen LogP contribution in [-0.2, 0) is 4.79 Å². The fourth-order valence-electron chi connectivity index (χ4n) is 2.76. The third kappa shape index (κ3) is 3.69. The SMILES string of the molecule is COc1cccc([C@H]2CCCCN2C(=O)CCSC)c1. The summed E-state index contributed by atoms with van der Waals surface area (Å²) in [5.74, 6) is 2.05. The molecule has 110 valence electrons. The van der Waals surface area contributed by atoms with E-state index < -0.39 is 0 Å². The largest absolute Gasteiger partial charge is 0.497 e. The van der Waals surface area contributed by atoms with Crippen LogP contribution in [0.5, 0.6) is 5.75 Å². The summed E-state index contributed by atoms with van der Waals surface area (Å²) in [4.78, 5) is 14.4. The first kappa shape index (κ1) is 15.2. The monoisotopic (exact) mass is 293 g/mol. The minimum Gasteiger partial charge on any atom is -0.497 e. The van der Waals surface area contributed by atoms with Gasteiger partial charge in [-0.1, -0.05) is 12.1 Å². The molecule has 1 amide bonds. The summed E-state index contributed by atoms with van der Waals surface area (Å²) < 4.78 is 5.30. The molecule has 0 aliphatic carbocycles. The van der Waals surface area contributed by atoms with Crippen molar-refractivity contribution in [3.05, 3.63) is 29.8 Å². The van der Waals surface area contributed by atoms with Crippen LogP contribution < -0.4 is 4.74 Å². The first-order chi connectivity index (χ1) is 9.76. The van der Waals surface area contributed by atoms with Crippen LogP contribution in [0.1, 0.15) is 37.3 Å². The lowest BCUT2D eigenvalue weighted by atomic mass is 9.95. The average molecular weight is 293 g/mol. The number of likely N-dealkylation sites (tertiary alicyclic amines) is 1. The van der Waals surface area contributed by atoms with Crippen molar-refractivity contribution in [2.24, 2.45) is 0 Å². The molecule has 1 saturated heterocycles. The minimum absolute atomic E-state index is 0.216. The van der Waals surface area contributed by atoms with Crippen molar-refractivity contribution >= 4 is 17.7 Å². The maximum absolute atomic E-state index is 12.4. The first-order valence-electron chi connectivity index (χ1n) is 7.18. The molecule has 0 saturated carbocycles. The van der Waals surface area contributed by atoms with E-state index in [1.54, 1.807) is 18.9 Å². The van der Waals surface area contributed by atoms with Crippen LogP contribution in [0.15, 0.2) is 24.3 Å². The Morgan fingerprint density at radius 2 is 2.30 bits per heavy atom. The van der Waals surface area contributed by atoms with Gasteiger partial charge in [0.1, 0.15) is 5.75 Å². The molecule has 0 radical (unpaired) electrons. The zero-order valence-electron chi connectivity index (χ0n) is 12.3. The smallest absolute Gasteiger partial charge is 0.223 e. The molecule has 2 rings (SSSR count). The van der Waals surface area contributed by atoms with Crippen LogP contribution >= 0.6 is 11.8 Å². The third-order valence-corrected chi connectivity index (χ3v) is 4.43. The molecule has 0 N–H and O–H groups in total. The number of amides is 1. The molecule has 1 heterocycles. The fraction of sp³-hybridized carbons (Fsp3) is 0.562. The van der Waals surface area contributed by atoms with Crippen LogP contribution in [0.2, 0.25) is 0 Å². The number of hydrogen-bond acceptors (Lipinski definition) is 3. The maximum atomic E-state index is 12.4. The van der Waals surface area contributed by atoms with Gasteiger partial charge < -0.3 is 9.64 Å². The lowest BCUT2D eigenvalue weighted by Gasteiger charge is -2.36. The van der Waals surface area contributed by atoms with E-state index in [1.807, 2.05) is 18.4 Å². The number of rotatable bonds is 5. The van der Waals surface area contributed by atoms with E-state index in [1.165, 1.54) is 12.0 Å². The second-order valence-electron chi connectivity index (χ2n) is 5.12. The highest BCUT2D eigenvalue weighted by atomic mass is 32.2. The van der Waals surface area contributed by atoms with E-state index in [0.717, 1.165) is 30.9 Å². The molecular weight excluding hydrogens is 270 g/mol. The van der Waals surface area contributed by atoms with Gasteiger partial charge in [0.2, 0.25) is 5.91 Å². The molecule has 1 atom stereocenters. The summed E-state index contributed by atoms with van der Waals surface area (Å²) in [6, 6.07) is 8.34. The number of carbonyl (C=O) groups is 1. The lowest BCUT2D eigenvalue weighted by molar-refractivity contribution is -0.134. The van der Waals surface area contributed by atoms with Crippen molar-refractivity contribution < 1.29 is 9.53 Å². The first-order valence-corrected chi connectivity index (χ1v) is 8.58. The number of methoxy groups -OCH3 is 1.